The van der Waals surface area contributed by atoms with Gasteiger partial charge in [0.15, 0.2) is 0 Å². The van der Waals surface area contributed by atoms with Crippen molar-refractivity contribution in [1.29, 1.82) is 0 Å². The van der Waals surface area contributed by atoms with Crippen molar-refractivity contribution in [3.05, 3.63) is 17.3 Å². The fraction of sp³-hybridized carbons (Fsp3) is 0.357. The van der Waals surface area contributed by atoms with Crippen LogP contribution in [-0.2, 0) is 4.79 Å². The second-order valence-electron chi connectivity index (χ2n) is 5.17. The van der Waals surface area contributed by atoms with Crippen LogP contribution >= 0.6 is 0 Å². The van der Waals surface area contributed by atoms with Gasteiger partial charge in [-0.2, -0.15) is 0 Å². The largest absolute Gasteiger partial charge is 0.345 e. The number of H-pyrrole nitrogens is 1. The van der Waals surface area contributed by atoms with Crippen molar-refractivity contribution < 1.29 is 9.59 Å². The van der Waals surface area contributed by atoms with Gasteiger partial charge < -0.3 is 15.6 Å². The molecule has 20 heavy (non-hydrogen) atoms. The van der Waals surface area contributed by atoms with Crippen LogP contribution in [0.25, 0.3) is 0 Å². The molecule has 106 valence electrons. The lowest BCUT2D eigenvalue weighted by molar-refractivity contribution is -0.128. The lowest BCUT2D eigenvalue weighted by Crippen LogP contribution is -2.42. The number of carbonyl (C=O) groups excluding carboxylic acids is 2. The van der Waals surface area contributed by atoms with E-state index in [1.54, 1.807) is 20.8 Å². The van der Waals surface area contributed by atoms with E-state index in [9.17, 15) is 9.59 Å². The van der Waals surface area contributed by atoms with E-state index in [1.165, 1.54) is 6.20 Å². The molecule has 0 fully saturated rings. The Morgan fingerprint density at radius 1 is 1.45 bits per heavy atom. The van der Waals surface area contributed by atoms with Gasteiger partial charge >= 0.3 is 0 Å². The van der Waals surface area contributed by atoms with E-state index >= 15 is 0 Å². The Labute approximate surface area is 118 Å². The first-order chi connectivity index (χ1) is 9.31. The third-order valence-electron chi connectivity index (χ3n) is 2.58. The van der Waals surface area contributed by atoms with Crippen molar-refractivity contribution in [3.63, 3.8) is 0 Å². The van der Waals surface area contributed by atoms with Gasteiger partial charge in [-0.1, -0.05) is 26.7 Å². The number of rotatable bonds is 4. The molecule has 0 bridgehead atoms. The molecule has 0 aromatic carbocycles. The topological polar surface area (TPSA) is 86.3 Å². The zero-order chi connectivity index (χ0) is 15.3. The van der Waals surface area contributed by atoms with Gasteiger partial charge in [0.2, 0.25) is 5.91 Å². The Morgan fingerprint density at radius 2 is 2.10 bits per heavy atom. The maximum absolute atomic E-state index is 12.0. The molecule has 0 atom stereocenters. The summed E-state index contributed by atoms with van der Waals surface area (Å²) in [5, 5.41) is 5.17. The molecule has 1 aromatic heterocycles. The number of hydrogen-bond acceptors (Lipinski definition) is 3. The first-order valence-electron chi connectivity index (χ1n) is 6.02. The number of nitrogens with zero attached hydrogens (tertiary/aromatic N) is 1. The third kappa shape index (κ3) is 3.48. The summed E-state index contributed by atoms with van der Waals surface area (Å²) in [5.41, 5.74) is 0.121. The second kappa shape index (κ2) is 6.06. The van der Waals surface area contributed by atoms with Gasteiger partial charge in [0.25, 0.3) is 5.91 Å². The smallest absolute Gasteiger partial charge is 0.257 e. The van der Waals surface area contributed by atoms with E-state index in [1.807, 2.05) is 0 Å². The SMILES string of the molecule is C#Cc1c[nH]c(N=C)c1C(=O)NCNC(=O)C(C)(C)C. The molecule has 0 radical (unpaired) electrons. The van der Waals surface area contributed by atoms with Crippen LogP contribution < -0.4 is 10.6 Å². The summed E-state index contributed by atoms with van der Waals surface area (Å²) in [6.45, 7) is 8.73. The Hall–Kier alpha value is -2.55. The highest BCUT2D eigenvalue weighted by atomic mass is 16.2. The summed E-state index contributed by atoms with van der Waals surface area (Å²) in [6.07, 6.45) is 6.82. The third-order valence-corrected chi connectivity index (χ3v) is 2.58. The van der Waals surface area contributed by atoms with Crippen molar-refractivity contribution in [2.45, 2.75) is 20.8 Å². The van der Waals surface area contributed by atoms with Gasteiger partial charge in [-0.25, -0.2) is 4.99 Å². The average molecular weight is 274 g/mol. The number of nitrogens with one attached hydrogen (secondary N) is 3. The molecule has 1 aromatic rings. The number of aliphatic imine (C=N–C) groups is 1. The van der Waals surface area contributed by atoms with E-state index < -0.39 is 11.3 Å². The number of aromatic amines is 1. The maximum atomic E-state index is 12.0. The standard InChI is InChI=1S/C14H18N4O2/c1-6-9-7-16-11(15-5)10(9)12(19)17-8-18-13(20)14(2,3)4/h1,7,16H,5,8H2,2-4H3,(H,17,19)(H,18,20). The summed E-state index contributed by atoms with van der Waals surface area (Å²) in [4.78, 5) is 30.1. The van der Waals surface area contributed by atoms with Crippen LogP contribution in [0.4, 0.5) is 5.82 Å². The van der Waals surface area contributed by atoms with Crippen LogP contribution in [0.2, 0.25) is 0 Å². The van der Waals surface area contributed by atoms with Crippen molar-refractivity contribution in [2.24, 2.45) is 10.4 Å². The minimum Gasteiger partial charge on any atom is -0.345 e. The van der Waals surface area contributed by atoms with Gasteiger partial charge in [-0.05, 0) is 6.72 Å². The number of aromatic nitrogens is 1. The molecule has 1 rings (SSSR count). The first-order valence-corrected chi connectivity index (χ1v) is 6.02. The van der Waals surface area contributed by atoms with E-state index in [-0.39, 0.29) is 18.1 Å². The van der Waals surface area contributed by atoms with Crippen LogP contribution in [-0.4, -0.2) is 30.2 Å². The van der Waals surface area contributed by atoms with Crippen molar-refractivity contribution >= 4 is 24.3 Å². The van der Waals surface area contributed by atoms with Crippen molar-refractivity contribution in [1.82, 2.24) is 15.6 Å². The Morgan fingerprint density at radius 3 is 2.60 bits per heavy atom. The van der Waals surface area contributed by atoms with Crippen LogP contribution in [0.15, 0.2) is 11.2 Å². The van der Waals surface area contributed by atoms with Crippen LogP contribution in [0, 0.1) is 17.8 Å². The fourth-order valence-corrected chi connectivity index (χ4v) is 1.44. The van der Waals surface area contributed by atoms with Gasteiger partial charge in [0.1, 0.15) is 5.82 Å². The van der Waals surface area contributed by atoms with Crippen LogP contribution in [0.1, 0.15) is 36.7 Å². The number of amides is 2. The fourth-order valence-electron chi connectivity index (χ4n) is 1.44. The number of terminal acetylenes is 1. The summed E-state index contributed by atoms with van der Waals surface area (Å²) >= 11 is 0. The highest BCUT2D eigenvalue weighted by Gasteiger charge is 2.21. The van der Waals surface area contributed by atoms with E-state index in [0.29, 0.717) is 11.4 Å². The molecule has 1 heterocycles. The van der Waals surface area contributed by atoms with Gasteiger partial charge in [0, 0.05) is 11.6 Å². The summed E-state index contributed by atoms with van der Waals surface area (Å²) < 4.78 is 0. The van der Waals surface area contributed by atoms with Crippen molar-refractivity contribution in [3.8, 4) is 12.3 Å². The predicted molar refractivity (Wildman–Crippen MR) is 77.9 cm³/mol. The quantitative estimate of drug-likeness (QED) is 0.437. The van der Waals surface area contributed by atoms with E-state index in [2.05, 4.69) is 33.2 Å². The minimum atomic E-state index is -0.517. The average Bonchev–Trinajstić information content (AvgIpc) is 2.80. The van der Waals surface area contributed by atoms with E-state index in [0.717, 1.165) is 0 Å². The van der Waals surface area contributed by atoms with Gasteiger partial charge in [-0.15, -0.1) is 6.42 Å². The molecule has 2 amide bonds. The predicted octanol–water partition coefficient (Wildman–Crippen LogP) is 1.18. The molecule has 0 aliphatic heterocycles. The molecule has 0 saturated heterocycles. The first kappa shape index (κ1) is 15.5. The second-order valence-corrected chi connectivity index (χ2v) is 5.17. The number of carbonyl (C=O) groups is 2. The Balaban J connectivity index is 2.69. The Bertz CT molecular complexity index is 573. The zero-order valence-electron chi connectivity index (χ0n) is 11.8. The molecule has 0 aliphatic carbocycles. The van der Waals surface area contributed by atoms with Gasteiger partial charge in [-0.3, -0.25) is 9.59 Å². The zero-order valence-corrected chi connectivity index (χ0v) is 11.8. The molecule has 0 spiro atoms. The molecular weight excluding hydrogens is 256 g/mol. The van der Waals surface area contributed by atoms with Crippen molar-refractivity contribution in [2.75, 3.05) is 6.67 Å². The highest BCUT2D eigenvalue weighted by Crippen LogP contribution is 2.20. The van der Waals surface area contributed by atoms with Gasteiger partial charge in [0.05, 0.1) is 17.8 Å². The summed E-state index contributed by atoms with van der Waals surface area (Å²) in [5.74, 6) is 2.11. The summed E-state index contributed by atoms with van der Waals surface area (Å²) in [7, 11) is 0. The van der Waals surface area contributed by atoms with Crippen LogP contribution in [0.3, 0.4) is 0 Å². The molecule has 6 heteroatoms. The highest BCUT2D eigenvalue weighted by molar-refractivity contribution is 6.01. The minimum absolute atomic E-state index is 0.0146. The van der Waals surface area contributed by atoms with Crippen LogP contribution in [0.5, 0.6) is 0 Å². The maximum Gasteiger partial charge on any atom is 0.257 e. The molecule has 3 N–H and O–H groups in total. The monoisotopic (exact) mass is 274 g/mol. The molecule has 6 nitrogen and oxygen atoms in total. The molecule has 0 aliphatic rings. The molecule has 0 saturated carbocycles. The lowest BCUT2D eigenvalue weighted by Gasteiger charge is -2.17. The normalized spacial score (nSPS) is 10.5. The lowest BCUT2D eigenvalue weighted by atomic mass is 9.96. The molecule has 0 unspecified atom stereocenters. The molecular formula is C14H18N4O2. The van der Waals surface area contributed by atoms with E-state index in [4.69, 9.17) is 6.42 Å². The summed E-state index contributed by atoms with van der Waals surface area (Å²) in [6, 6.07) is 0. The number of hydrogen-bond donors (Lipinski definition) is 3. The Kier molecular flexibility index (Phi) is 4.70.